The highest BCUT2D eigenvalue weighted by Crippen LogP contribution is 2.35. The summed E-state index contributed by atoms with van der Waals surface area (Å²) in [6.07, 6.45) is 1.55. The van der Waals surface area contributed by atoms with Crippen LogP contribution in [0.25, 0.3) is 11.1 Å². The molecule has 2 atom stereocenters. The fourth-order valence-corrected chi connectivity index (χ4v) is 5.31. The molecule has 0 spiro atoms. The highest BCUT2D eigenvalue weighted by Gasteiger charge is 2.38. The van der Waals surface area contributed by atoms with Crippen molar-refractivity contribution in [2.45, 2.75) is 44.0 Å². The van der Waals surface area contributed by atoms with Gasteiger partial charge in [0.05, 0.1) is 23.9 Å². The molecule has 2 unspecified atom stereocenters. The van der Waals surface area contributed by atoms with Crippen molar-refractivity contribution in [1.82, 2.24) is 25.3 Å². The minimum Gasteiger partial charge on any atom is -0.366 e. The van der Waals surface area contributed by atoms with Gasteiger partial charge in [0.15, 0.2) is 0 Å². The van der Waals surface area contributed by atoms with E-state index >= 15 is 0 Å². The number of alkyl halides is 3. The molecule has 35 heavy (non-hydrogen) atoms. The Bertz CT molecular complexity index is 1070. The molecule has 1 aromatic heterocycles. The van der Waals surface area contributed by atoms with Gasteiger partial charge in [-0.15, -0.1) is 0 Å². The number of likely N-dealkylation sites (tertiary alicyclic amines) is 2. The van der Waals surface area contributed by atoms with Crippen molar-refractivity contribution >= 4 is 11.9 Å². The van der Waals surface area contributed by atoms with E-state index in [-0.39, 0.29) is 36.6 Å². The molecule has 4 heterocycles. The Morgan fingerprint density at radius 1 is 1.14 bits per heavy atom. The van der Waals surface area contributed by atoms with Crippen LogP contribution in [0.4, 0.5) is 18.0 Å². The normalized spacial score (nSPS) is 23.7. The Hall–Kier alpha value is -3.08. The summed E-state index contributed by atoms with van der Waals surface area (Å²) in [5.74, 6) is 0.109. The second kappa shape index (κ2) is 9.52. The third-order valence-electron chi connectivity index (χ3n) is 7.23. The van der Waals surface area contributed by atoms with Gasteiger partial charge >= 0.3 is 12.2 Å². The fourth-order valence-electron chi connectivity index (χ4n) is 5.31. The van der Waals surface area contributed by atoms with Gasteiger partial charge in [-0.05, 0) is 54.9 Å². The van der Waals surface area contributed by atoms with Crippen molar-refractivity contribution in [2.24, 2.45) is 5.92 Å². The first-order chi connectivity index (χ1) is 16.8. The zero-order valence-electron chi connectivity index (χ0n) is 19.2. The predicted molar refractivity (Wildman–Crippen MR) is 120 cm³/mol. The highest BCUT2D eigenvalue weighted by molar-refractivity contribution is 5.79. The molecule has 11 heteroatoms. The van der Waals surface area contributed by atoms with Crippen molar-refractivity contribution in [3.8, 4) is 11.1 Å². The number of hydrogen-bond acceptors (Lipinski definition) is 4. The fraction of sp³-hybridized carbons (Fsp3) is 0.542. The van der Waals surface area contributed by atoms with E-state index in [1.165, 1.54) is 12.3 Å². The average molecular weight is 492 g/mol. The minimum atomic E-state index is -4.41. The van der Waals surface area contributed by atoms with E-state index in [9.17, 15) is 22.8 Å². The minimum absolute atomic E-state index is 0.0321. The predicted octanol–water partition coefficient (Wildman–Crippen LogP) is 3.06. The number of rotatable bonds is 3. The summed E-state index contributed by atoms with van der Waals surface area (Å²) < 4.78 is 45.4. The second-order valence-electron chi connectivity index (χ2n) is 9.53. The van der Waals surface area contributed by atoms with Crippen LogP contribution in [0, 0.1) is 5.92 Å². The monoisotopic (exact) mass is 491 g/mol. The number of aromatic nitrogens is 2. The van der Waals surface area contributed by atoms with Crippen LogP contribution in [0.5, 0.6) is 0 Å². The van der Waals surface area contributed by atoms with Crippen LogP contribution in [0.2, 0.25) is 0 Å². The quantitative estimate of drug-likeness (QED) is 0.691. The standard InChI is InChI=1S/C24H28F3N5O3/c25-24(26,27)18-2-1-16(19(10-18)17-11-28-29-12-17)9-15-3-6-31(7-4-15)23(34)32-8-5-21-20(13-32)30-22(33)14-35-21/h1-2,10-12,15,20-21H,3-9,13-14H2,(H,28,29)(H,30,33). The molecule has 3 saturated heterocycles. The Balaban J connectivity index is 1.20. The summed E-state index contributed by atoms with van der Waals surface area (Å²) in [4.78, 5) is 28.4. The zero-order valence-corrected chi connectivity index (χ0v) is 19.2. The molecular formula is C24H28F3N5O3. The van der Waals surface area contributed by atoms with Gasteiger partial charge in [0.25, 0.3) is 0 Å². The van der Waals surface area contributed by atoms with Gasteiger partial charge in [0, 0.05) is 37.9 Å². The van der Waals surface area contributed by atoms with Gasteiger partial charge in [-0.1, -0.05) is 6.07 Å². The van der Waals surface area contributed by atoms with Crippen molar-refractivity contribution < 1.29 is 27.5 Å². The maximum Gasteiger partial charge on any atom is 0.416 e. The van der Waals surface area contributed by atoms with Gasteiger partial charge < -0.3 is 19.9 Å². The van der Waals surface area contributed by atoms with Crippen LogP contribution in [0.3, 0.4) is 0 Å². The van der Waals surface area contributed by atoms with E-state index in [0.717, 1.165) is 24.5 Å². The first kappa shape index (κ1) is 23.7. The molecule has 2 N–H and O–H groups in total. The molecule has 5 rings (SSSR count). The number of morpholine rings is 1. The summed E-state index contributed by atoms with van der Waals surface area (Å²) in [5, 5.41) is 9.49. The van der Waals surface area contributed by atoms with Crippen LogP contribution in [0.15, 0.2) is 30.6 Å². The molecule has 3 fully saturated rings. The number of ether oxygens (including phenoxy) is 1. The van der Waals surface area contributed by atoms with Crippen molar-refractivity contribution in [2.75, 3.05) is 32.8 Å². The van der Waals surface area contributed by atoms with Crippen molar-refractivity contribution in [3.63, 3.8) is 0 Å². The van der Waals surface area contributed by atoms with E-state index in [0.29, 0.717) is 50.1 Å². The molecule has 0 aliphatic carbocycles. The van der Waals surface area contributed by atoms with E-state index in [2.05, 4.69) is 15.5 Å². The Morgan fingerprint density at radius 3 is 2.63 bits per heavy atom. The first-order valence-electron chi connectivity index (χ1n) is 11.9. The van der Waals surface area contributed by atoms with Crippen LogP contribution in [-0.2, 0) is 22.1 Å². The molecule has 2 aromatic rings. The molecule has 3 aliphatic heterocycles. The number of carbonyl (C=O) groups excluding carboxylic acids is 2. The SMILES string of the molecule is O=C1COC2CCN(C(=O)N3CCC(Cc4ccc(C(F)(F)F)cc4-c4cn[nH]c4)CC3)CC2N1. The summed E-state index contributed by atoms with van der Waals surface area (Å²) in [7, 11) is 0. The maximum absolute atomic E-state index is 13.3. The topological polar surface area (TPSA) is 90.6 Å². The molecule has 0 bridgehead atoms. The first-order valence-corrected chi connectivity index (χ1v) is 11.9. The second-order valence-corrected chi connectivity index (χ2v) is 9.53. The Kier molecular flexibility index (Phi) is 6.43. The largest absolute Gasteiger partial charge is 0.416 e. The van der Waals surface area contributed by atoms with Crippen LogP contribution in [-0.4, -0.2) is 76.9 Å². The number of hydrogen-bond donors (Lipinski definition) is 2. The molecule has 0 saturated carbocycles. The molecule has 188 valence electrons. The number of aromatic amines is 1. The van der Waals surface area contributed by atoms with Crippen molar-refractivity contribution in [3.05, 3.63) is 41.7 Å². The molecular weight excluding hydrogens is 463 g/mol. The number of H-pyrrole nitrogens is 1. The highest BCUT2D eigenvalue weighted by atomic mass is 19.4. The molecule has 0 radical (unpaired) electrons. The lowest BCUT2D eigenvalue weighted by molar-refractivity contribution is -0.140. The van der Waals surface area contributed by atoms with Gasteiger partial charge in [0.1, 0.15) is 6.61 Å². The van der Waals surface area contributed by atoms with Gasteiger partial charge in [-0.2, -0.15) is 18.3 Å². The van der Waals surface area contributed by atoms with E-state index in [1.807, 2.05) is 4.90 Å². The summed E-state index contributed by atoms with van der Waals surface area (Å²) >= 11 is 0. The number of benzene rings is 1. The number of piperidine rings is 2. The molecule has 3 aliphatic rings. The van der Waals surface area contributed by atoms with E-state index < -0.39 is 11.7 Å². The number of fused-ring (bicyclic) bond motifs is 1. The zero-order chi connectivity index (χ0) is 24.6. The number of amides is 3. The number of carbonyl (C=O) groups is 2. The van der Waals surface area contributed by atoms with Gasteiger partial charge in [-0.3, -0.25) is 9.89 Å². The number of nitrogens with zero attached hydrogens (tertiary/aromatic N) is 3. The average Bonchev–Trinajstić information content (AvgIpc) is 3.38. The maximum atomic E-state index is 13.3. The van der Waals surface area contributed by atoms with E-state index in [1.54, 1.807) is 17.2 Å². The third kappa shape index (κ3) is 5.14. The summed E-state index contributed by atoms with van der Waals surface area (Å²) in [5.41, 5.74) is 1.33. The Labute approximate surface area is 200 Å². The van der Waals surface area contributed by atoms with E-state index in [4.69, 9.17) is 4.74 Å². The lowest BCUT2D eigenvalue weighted by Gasteiger charge is -2.43. The third-order valence-corrected chi connectivity index (χ3v) is 7.23. The number of urea groups is 1. The van der Waals surface area contributed by atoms with Crippen LogP contribution in [0.1, 0.15) is 30.4 Å². The lowest BCUT2D eigenvalue weighted by Crippen LogP contribution is -2.62. The van der Waals surface area contributed by atoms with Crippen molar-refractivity contribution in [1.29, 1.82) is 0 Å². The Morgan fingerprint density at radius 2 is 1.91 bits per heavy atom. The molecule has 1 aromatic carbocycles. The van der Waals surface area contributed by atoms with Crippen LogP contribution < -0.4 is 5.32 Å². The van der Waals surface area contributed by atoms with Crippen LogP contribution >= 0.6 is 0 Å². The molecule has 8 nitrogen and oxygen atoms in total. The van der Waals surface area contributed by atoms with Gasteiger partial charge in [0.2, 0.25) is 5.91 Å². The summed E-state index contributed by atoms with van der Waals surface area (Å²) in [6, 6.07) is 3.68. The van der Waals surface area contributed by atoms with Gasteiger partial charge in [-0.25, -0.2) is 4.79 Å². The lowest BCUT2D eigenvalue weighted by atomic mass is 9.86. The molecule has 3 amide bonds. The number of halogens is 3. The summed E-state index contributed by atoms with van der Waals surface area (Å²) in [6.45, 7) is 2.30. The smallest absolute Gasteiger partial charge is 0.366 e. The number of nitrogens with one attached hydrogen (secondary N) is 2.